The zero-order chi connectivity index (χ0) is 18.8. The molecule has 0 atom stereocenters. The first-order valence-electron chi connectivity index (χ1n) is 7.31. The van der Waals surface area contributed by atoms with Crippen LogP contribution in [0.15, 0.2) is 35.1 Å². The quantitative estimate of drug-likeness (QED) is 0.692. The topological polar surface area (TPSA) is 82.2 Å². The molecule has 1 N–H and O–H groups in total. The number of benzene rings is 2. The normalized spacial score (nSPS) is 10.5. The predicted octanol–water partition coefficient (Wildman–Crippen LogP) is 2.54. The first kappa shape index (κ1) is 17.9. The molecule has 0 unspecified atom stereocenters. The van der Waals surface area contributed by atoms with E-state index in [9.17, 15) is 9.90 Å². The molecular formula is C17H12Cl2N4O3. The number of tetrazole rings is 1. The minimum Gasteiger partial charge on any atom is -0.506 e. The number of terminal acetylenes is 1. The van der Waals surface area contributed by atoms with Crippen LogP contribution in [0, 0.1) is 12.3 Å². The summed E-state index contributed by atoms with van der Waals surface area (Å²) in [6.45, 7) is -0.000451. The lowest BCUT2D eigenvalue weighted by Gasteiger charge is -2.13. The van der Waals surface area contributed by atoms with Crippen molar-refractivity contribution in [2.24, 2.45) is 7.05 Å². The van der Waals surface area contributed by atoms with E-state index in [1.54, 1.807) is 18.2 Å². The van der Waals surface area contributed by atoms with Crippen molar-refractivity contribution in [1.82, 2.24) is 19.8 Å². The summed E-state index contributed by atoms with van der Waals surface area (Å²) in [5, 5.41) is 17.4. The van der Waals surface area contributed by atoms with Gasteiger partial charge < -0.3 is 9.84 Å². The summed E-state index contributed by atoms with van der Waals surface area (Å²) in [4.78, 5) is 12.2. The van der Waals surface area contributed by atoms with Crippen LogP contribution in [0.4, 0.5) is 0 Å². The Morgan fingerprint density at radius 2 is 2.04 bits per heavy atom. The molecular weight excluding hydrogens is 379 g/mol. The summed E-state index contributed by atoms with van der Waals surface area (Å²) < 4.78 is 7.95. The second-order valence-electron chi connectivity index (χ2n) is 5.27. The van der Waals surface area contributed by atoms with Crippen LogP contribution in [-0.2, 0) is 13.7 Å². The highest BCUT2D eigenvalue weighted by Crippen LogP contribution is 2.35. The molecule has 3 aromatic rings. The van der Waals surface area contributed by atoms with Gasteiger partial charge in [0.25, 0.3) is 0 Å². The monoisotopic (exact) mass is 390 g/mol. The van der Waals surface area contributed by atoms with E-state index >= 15 is 0 Å². The number of halogens is 2. The number of phenols is 1. The number of ether oxygens (including phenoxy) is 1. The number of aryl methyl sites for hydroxylation is 1. The molecule has 0 saturated heterocycles. The smallest absolute Gasteiger partial charge is 0.368 e. The number of aromatic nitrogens is 4. The fourth-order valence-electron chi connectivity index (χ4n) is 2.30. The second-order valence-corrected chi connectivity index (χ2v) is 6.08. The first-order valence-corrected chi connectivity index (χ1v) is 8.06. The molecule has 0 fully saturated rings. The van der Waals surface area contributed by atoms with Crippen molar-refractivity contribution < 1.29 is 9.84 Å². The van der Waals surface area contributed by atoms with Crippen molar-refractivity contribution in [2.45, 2.75) is 6.61 Å². The van der Waals surface area contributed by atoms with Gasteiger partial charge in [0, 0.05) is 30.3 Å². The van der Waals surface area contributed by atoms with E-state index in [2.05, 4.69) is 16.3 Å². The molecule has 1 aromatic heterocycles. The van der Waals surface area contributed by atoms with Crippen molar-refractivity contribution in [3.8, 4) is 29.5 Å². The summed E-state index contributed by atoms with van der Waals surface area (Å²) >= 11 is 12.0. The first-order chi connectivity index (χ1) is 12.4. The number of hydrogen-bond donors (Lipinski definition) is 1. The molecule has 0 spiro atoms. The van der Waals surface area contributed by atoms with Crippen LogP contribution < -0.4 is 10.4 Å². The Balaban J connectivity index is 2.03. The van der Waals surface area contributed by atoms with Gasteiger partial charge >= 0.3 is 5.69 Å². The molecule has 132 valence electrons. The Morgan fingerprint density at radius 3 is 2.69 bits per heavy atom. The van der Waals surface area contributed by atoms with Gasteiger partial charge in [-0.15, -0.1) is 6.42 Å². The summed E-state index contributed by atoms with van der Waals surface area (Å²) in [6, 6.07) is 7.78. The fourth-order valence-corrected chi connectivity index (χ4v) is 2.67. The number of aromatic hydroxyl groups is 1. The van der Waals surface area contributed by atoms with Gasteiger partial charge in [-0.2, -0.15) is 9.36 Å². The van der Waals surface area contributed by atoms with Crippen molar-refractivity contribution in [1.29, 1.82) is 0 Å². The molecule has 0 aliphatic carbocycles. The summed E-state index contributed by atoms with van der Waals surface area (Å²) in [5.74, 6) is 2.66. The number of nitrogens with zero attached hydrogens (tertiary/aromatic N) is 4. The van der Waals surface area contributed by atoms with Crippen LogP contribution in [0.1, 0.15) is 11.1 Å². The minimum atomic E-state index is -0.425. The van der Waals surface area contributed by atoms with E-state index in [0.717, 1.165) is 9.36 Å². The van der Waals surface area contributed by atoms with Gasteiger partial charge in [0.1, 0.15) is 18.1 Å². The predicted molar refractivity (Wildman–Crippen MR) is 97.0 cm³/mol. The average molecular weight is 391 g/mol. The Hall–Kier alpha value is -2.95. The molecule has 0 saturated carbocycles. The fraction of sp³-hybridized carbons (Fsp3) is 0.118. The van der Waals surface area contributed by atoms with Gasteiger partial charge in [-0.25, -0.2) is 4.79 Å². The molecule has 0 aliphatic heterocycles. The molecule has 0 radical (unpaired) electrons. The molecule has 0 amide bonds. The third-order valence-electron chi connectivity index (χ3n) is 3.63. The Kier molecular flexibility index (Phi) is 4.89. The van der Waals surface area contributed by atoms with Gasteiger partial charge in [0.15, 0.2) is 0 Å². The molecule has 0 bridgehead atoms. The SMILES string of the molecule is C#Cc1cccc(-n2nnn(C)c2=O)c1COc1cc(Cl)c(O)cc1Cl. The lowest BCUT2D eigenvalue weighted by molar-refractivity contribution is 0.305. The summed E-state index contributed by atoms with van der Waals surface area (Å²) in [5.41, 5.74) is 1.10. The van der Waals surface area contributed by atoms with E-state index in [-0.39, 0.29) is 28.2 Å². The molecule has 7 nitrogen and oxygen atoms in total. The van der Waals surface area contributed by atoms with Crippen molar-refractivity contribution in [2.75, 3.05) is 0 Å². The highest BCUT2D eigenvalue weighted by molar-refractivity contribution is 6.35. The third kappa shape index (κ3) is 3.25. The van der Waals surface area contributed by atoms with Gasteiger partial charge in [0.2, 0.25) is 0 Å². The molecule has 2 aromatic carbocycles. The third-order valence-corrected chi connectivity index (χ3v) is 4.23. The summed E-state index contributed by atoms with van der Waals surface area (Å²) in [7, 11) is 1.49. The van der Waals surface area contributed by atoms with E-state index in [0.29, 0.717) is 16.8 Å². The maximum absolute atomic E-state index is 12.2. The molecule has 1 heterocycles. The maximum atomic E-state index is 12.2. The van der Waals surface area contributed by atoms with Crippen LogP contribution in [-0.4, -0.2) is 24.9 Å². The van der Waals surface area contributed by atoms with E-state index in [1.807, 2.05) is 0 Å². The lowest BCUT2D eigenvalue weighted by atomic mass is 10.1. The molecule has 26 heavy (non-hydrogen) atoms. The van der Waals surface area contributed by atoms with Crippen LogP contribution in [0.3, 0.4) is 0 Å². The standard InChI is InChI=1S/C17H12Cl2N4O3/c1-3-10-5-4-6-14(23-17(25)22(2)20-21-23)11(10)9-26-16-8-12(18)15(24)7-13(16)19/h1,4-8,24H,9H2,2H3. The molecule has 9 heteroatoms. The Labute approximate surface area is 158 Å². The lowest BCUT2D eigenvalue weighted by Crippen LogP contribution is -2.23. The average Bonchev–Trinajstić information content (AvgIpc) is 2.95. The van der Waals surface area contributed by atoms with Gasteiger partial charge in [-0.05, 0) is 22.6 Å². The summed E-state index contributed by atoms with van der Waals surface area (Å²) in [6.07, 6.45) is 5.57. The van der Waals surface area contributed by atoms with Crippen LogP contribution in [0.5, 0.6) is 11.5 Å². The zero-order valence-electron chi connectivity index (χ0n) is 13.5. The van der Waals surface area contributed by atoms with Gasteiger partial charge in [-0.1, -0.05) is 35.2 Å². The van der Waals surface area contributed by atoms with E-state index in [4.69, 9.17) is 34.4 Å². The van der Waals surface area contributed by atoms with Gasteiger partial charge in [-0.3, -0.25) is 0 Å². The van der Waals surface area contributed by atoms with Crippen LogP contribution in [0.25, 0.3) is 5.69 Å². The number of hydrogen-bond acceptors (Lipinski definition) is 5. The number of phenolic OH excluding ortho intramolecular Hbond substituents is 1. The second kappa shape index (κ2) is 7.12. The Bertz CT molecular complexity index is 1080. The van der Waals surface area contributed by atoms with Crippen molar-refractivity contribution in [3.63, 3.8) is 0 Å². The highest BCUT2D eigenvalue weighted by Gasteiger charge is 2.16. The zero-order valence-corrected chi connectivity index (χ0v) is 15.0. The molecule has 3 rings (SSSR count). The maximum Gasteiger partial charge on any atom is 0.368 e. The van der Waals surface area contributed by atoms with E-state index in [1.165, 1.54) is 19.2 Å². The minimum absolute atomic E-state index is 0.000451. The highest BCUT2D eigenvalue weighted by atomic mass is 35.5. The van der Waals surface area contributed by atoms with E-state index < -0.39 is 5.69 Å². The molecule has 0 aliphatic rings. The van der Waals surface area contributed by atoms with Crippen LogP contribution in [0.2, 0.25) is 10.0 Å². The van der Waals surface area contributed by atoms with Crippen molar-refractivity contribution in [3.05, 3.63) is 62.0 Å². The van der Waals surface area contributed by atoms with Crippen LogP contribution >= 0.6 is 23.2 Å². The van der Waals surface area contributed by atoms with Gasteiger partial charge in [0.05, 0.1) is 15.7 Å². The van der Waals surface area contributed by atoms with Crippen molar-refractivity contribution >= 4 is 23.2 Å². The Morgan fingerprint density at radius 1 is 1.27 bits per heavy atom. The number of rotatable bonds is 4. The largest absolute Gasteiger partial charge is 0.506 e.